The molecule has 0 saturated heterocycles. The molecule has 4 nitrogen and oxygen atoms in total. The van der Waals surface area contributed by atoms with Crippen LogP contribution in [-0.2, 0) is 10.8 Å². The van der Waals surface area contributed by atoms with Gasteiger partial charge in [0, 0.05) is 12.8 Å². The van der Waals surface area contributed by atoms with Crippen molar-refractivity contribution < 1.29 is 0 Å². The van der Waals surface area contributed by atoms with Crippen molar-refractivity contribution in [2.45, 2.75) is 23.7 Å². The first kappa shape index (κ1) is 18.5. The first-order chi connectivity index (χ1) is 12.7. The van der Waals surface area contributed by atoms with E-state index in [1.165, 1.54) is 0 Å². The molecule has 0 unspecified atom stereocenters. The largest absolute Gasteiger partial charge is 0.196 e. The second kappa shape index (κ2) is 8.30. The third-order valence-electron chi connectivity index (χ3n) is 4.31. The van der Waals surface area contributed by atoms with E-state index in [1.54, 1.807) is 60.7 Å². The molecule has 0 saturated carbocycles. The van der Waals surface area contributed by atoms with E-state index in [4.69, 9.17) is 0 Å². The summed E-state index contributed by atoms with van der Waals surface area (Å²) in [7, 11) is 0. The molecule has 4 heteroatoms. The van der Waals surface area contributed by atoms with Crippen molar-refractivity contribution in [1.29, 1.82) is 21.0 Å². The molecule has 26 heavy (non-hydrogen) atoms. The lowest BCUT2D eigenvalue weighted by atomic mass is 9.78. The molecule has 0 aliphatic carbocycles. The highest BCUT2D eigenvalue weighted by atomic mass is 14.4. The van der Waals surface area contributed by atoms with Gasteiger partial charge in [-0.1, -0.05) is 72.8 Å². The van der Waals surface area contributed by atoms with E-state index in [0.717, 1.165) is 0 Å². The number of benzene rings is 2. The predicted octanol–water partition coefficient (Wildman–Crippen LogP) is 4.29. The first-order valence-corrected chi connectivity index (χ1v) is 8.07. The molecule has 0 heterocycles. The molecular weight excluding hydrogens is 320 g/mol. The maximum Gasteiger partial charge on any atom is 0.172 e. The number of nitrogens with zero attached hydrogens (tertiary/aromatic N) is 4. The van der Waals surface area contributed by atoms with Crippen LogP contribution in [0.15, 0.2) is 72.8 Å². The number of nitriles is 4. The Labute approximate surface area is 153 Å². The zero-order chi connectivity index (χ0) is 18.9. The van der Waals surface area contributed by atoms with E-state index < -0.39 is 10.8 Å². The molecule has 0 aliphatic rings. The van der Waals surface area contributed by atoms with Gasteiger partial charge < -0.3 is 0 Å². The van der Waals surface area contributed by atoms with Gasteiger partial charge in [-0.25, -0.2) is 0 Å². The maximum absolute atomic E-state index is 9.55. The van der Waals surface area contributed by atoms with Crippen molar-refractivity contribution in [3.8, 4) is 24.3 Å². The monoisotopic (exact) mass is 336 g/mol. The van der Waals surface area contributed by atoms with Gasteiger partial charge >= 0.3 is 0 Å². The van der Waals surface area contributed by atoms with Crippen LogP contribution in [0.25, 0.3) is 0 Å². The molecule has 2 aromatic carbocycles. The third kappa shape index (κ3) is 3.62. The number of rotatable bonds is 6. The number of hydrogen-bond acceptors (Lipinski definition) is 4. The number of hydrogen-bond donors (Lipinski definition) is 0. The summed E-state index contributed by atoms with van der Waals surface area (Å²) in [5.41, 5.74) is -1.31. The van der Waals surface area contributed by atoms with Crippen molar-refractivity contribution in [1.82, 2.24) is 0 Å². The van der Waals surface area contributed by atoms with Crippen molar-refractivity contribution in [3.63, 3.8) is 0 Å². The van der Waals surface area contributed by atoms with Gasteiger partial charge in [0.05, 0.1) is 24.3 Å². The standard InChI is InChI=1S/C22H16N4/c23-15-21(16-24,19-9-3-1-4-10-19)13-7-8-14-22(17-25,18-26)20-11-5-2-6-12-20/h1-12H,13-14H2/b8-7+. The molecule has 0 aliphatic heterocycles. The molecular formula is C22H16N4. The van der Waals surface area contributed by atoms with Gasteiger partial charge in [0.2, 0.25) is 0 Å². The van der Waals surface area contributed by atoms with E-state index in [1.807, 2.05) is 12.1 Å². The van der Waals surface area contributed by atoms with Crippen molar-refractivity contribution >= 4 is 0 Å². The summed E-state index contributed by atoms with van der Waals surface area (Å²) in [4.78, 5) is 0. The molecule has 124 valence electrons. The van der Waals surface area contributed by atoms with Gasteiger partial charge in [-0.15, -0.1) is 0 Å². The molecule has 0 aromatic heterocycles. The second-order valence-corrected chi connectivity index (χ2v) is 5.87. The van der Waals surface area contributed by atoms with Crippen molar-refractivity contribution in [2.75, 3.05) is 0 Å². The summed E-state index contributed by atoms with van der Waals surface area (Å²) in [6, 6.07) is 26.2. The third-order valence-corrected chi connectivity index (χ3v) is 4.31. The highest BCUT2D eigenvalue weighted by Gasteiger charge is 2.33. The summed E-state index contributed by atoms with van der Waals surface area (Å²) in [6.07, 6.45) is 3.77. The highest BCUT2D eigenvalue weighted by Crippen LogP contribution is 2.30. The van der Waals surface area contributed by atoms with Crippen molar-refractivity contribution in [3.05, 3.63) is 83.9 Å². The van der Waals surface area contributed by atoms with Gasteiger partial charge in [0.1, 0.15) is 0 Å². The first-order valence-electron chi connectivity index (χ1n) is 8.07. The van der Waals surface area contributed by atoms with E-state index in [9.17, 15) is 21.0 Å². The summed E-state index contributed by atoms with van der Waals surface area (Å²) < 4.78 is 0. The van der Waals surface area contributed by atoms with Crippen molar-refractivity contribution in [2.24, 2.45) is 0 Å². The zero-order valence-electron chi connectivity index (χ0n) is 14.1. The lowest BCUT2D eigenvalue weighted by Gasteiger charge is -2.18. The van der Waals surface area contributed by atoms with Crippen LogP contribution in [0.2, 0.25) is 0 Å². The lowest BCUT2D eigenvalue weighted by Crippen LogP contribution is -2.22. The minimum absolute atomic E-state index is 0.186. The summed E-state index contributed by atoms with van der Waals surface area (Å²) in [5.74, 6) is 0. The van der Waals surface area contributed by atoms with Crippen LogP contribution in [0.5, 0.6) is 0 Å². The number of allylic oxidation sites excluding steroid dienone is 2. The Balaban J connectivity index is 2.22. The Morgan fingerprint density at radius 2 is 0.885 bits per heavy atom. The lowest BCUT2D eigenvalue weighted by molar-refractivity contribution is 0.691. The van der Waals surface area contributed by atoms with Gasteiger partial charge in [0.15, 0.2) is 10.8 Å². The Kier molecular flexibility index (Phi) is 5.90. The molecule has 0 atom stereocenters. The van der Waals surface area contributed by atoms with E-state index in [2.05, 4.69) is 24.3 Å². The van der Waals surface area contributed by atoms with Crippen LogP contribution >= 0.6 is 0 Å². The van der Waals surface area contributed by atoms with Crippen LogP contribution in [-0.4, -0.2) is 0 Å². The highest BCUT2D eigenvalue weighted by molar-refractivity contribution is 5.42. The summed E-state index contributed by atoms with van der Waals surface area (Å²) in [6.45, 7) is 0. The average molecular weight is 336 g/mol. The van der Waals surface area contributed by atoms with Crippen LogP contribution in [0.1, 0.15) is 24.0 Å². The van der Waals surface area contributed by atoms with E-state index in [0.29, 0.717) is 11.1 Å². The van der Waals surface area contributed by atoms with Gasteiger partial charge in [-0.2, -0.15) is 21.0 Å². The average Bonchev–Trinajstić information content (AvgIpc) is 2.73. The second-order valence-electron chi connectivity index (χ2n) is 5.87. The SMILES string of the molecule is N#CC(C#N)(C/C=C/CC(C#N)(C#N)c1ccccc1)c1ccccc1. The normalized spacial score (nSPS) is 11.1. The van der Waals surface area contributed by atoms with E-state index in [-0.39, 0.29) is 12.8 Å². The topological polar surface area (TPSA) is 95.2 Å². The quantitative estimate of drug-likeness (QED) is 0.735. The molecule has 0 radical (unpaired) electrons. The molecule has 0 spiro atoms. The van der Waals surface area contributed by atoms with Crippen LogP contribution in [0.4, 0.5) is 0 Å². The summed E-state index contributed by atoms with van der Waals surface area (Å²) in [5, 5.41) is 38.2. The van der Waals surface area contributed by atoms with Crippen LogP contribution < -0.4 is 0 Å². The molecule has 0 amide bonds. The Morgan fingerprint density at radius 1 is 0.577 bits per heavy atom. The van der Waals surface area contributed by atoms with Gasteiger partial charge in [0.25, 0.3) is 0 Å². The van der Waals surface area contributed by atoms with Crippen LogP contribution in [0, 0.1) is 45.3 Å². The molecule has 0 fully saturated rings. The zero-order valence-corrected chi connectivity index (χ0v) is 14.1. The fourth-order valence-electron chi connectivity index (χ4n) is 2.69. The molecule has 2 rings (SSSR count). The molecule has 0 N–H and O–H groups in total. The van der Waals surface area contributed by atoms with Crippen LogP contribution in [0.3, 0.4) is 0 Å². The smallest absolute Gasteiger partial charge is 0.172 e. The predicted molar refractivity (Wildman–Crippen MR) is 97.1 cm³/mol. The summed E-state index contributed by atoms with van der Waals surface area (Å²) >= 11 is 0. The minimum Gasteiger partial charge on any atom is -0.196 e. The van der Waals surface area contributed by atoms with E-state index >= 15 is 0 Å². The maximum atomic E-state index is 9.55. The Morgan fingerprint density at radius 3 is 1.15 bits per heavy atom. The minimum atomic E-state index is -1.29. The molecule has 2 aromatic rings. The van der Waals surface area contributed by atoms with Gasteiger partial charge in [-0.3, -0.25) is 0 Å². The Hall–Kier alpha value is -3.86. The van der Waals surface area contributed by atoms with Gasteiger partial charge in [-0.05, 0) is 11.1 Å². The fraction of sp³-hybridized carbons (Fsp3) is 0.182. The Bertz CT molecular complexity index is 825. The fourth-order valence-corrected chi connectivity index (χ4v) is 2.69. The molecule has 0 bridgehead atoms.